The largest absolute Gasteiger partial charge is 0.361 e. The van der Waals surface area contributed by atoms with Crippen LogP contribution in [0.5, 0.6) is 0 Å². The predicted octanol–water partition coefficient (Wildman–Crippen LogP) is 3.15. The molecule has 3 rings (SSSR count). The highest BCUT2D eigenvalue weighted by Gasteiger charge is 2.21. The monoisotopic (exact) mass is 183 g/mol. The Balaban J connectivity index is 2.23. The van der Waals surface area contributed by atoms with Gasteiger partial charge >= 0.3 is 0 Å². The van der Waals surface area contributed by atoms with Gasteiger partial charge in [-0.25, -0.2) is 0 Å². The van der Waals surface area contributed by atoms with Gasteiger partial charge in [0.1, 0.15) is 0 Å². The first kappa shape index (κ1) is 7.86. The number of H-pyrrole nitrogens is 1. The third-order valence-electron chi connectivity index (χ3n) is 3.11. The fraction of sp³-hybridized carbons (Fsp3) is 0.231. The van der Waals surface area contributed by atoms with E-state index in [2.05, 4.69) is 42.4 Å². The van der Waals surface area contributed by atoms with Crippen LogP contribution in [0.3, 0.4) is 0 Å². The summed E-state index contributed by atoms with van der Waals surface area (Å²) in [6, 6.07) is 8.66. The van der Waals surface area contributed by atoms with Crippen LogP contribution in [-0.2, 0) is 12.8 Å². The van der Waals surface area contributed by atoms with Crippen LogP contribution >= 0.6 is 0 Å². The van der Waals surface area contributed by atoms with Gasteiger partial charge in [-0.1, -0.05) is 31.2 Å². The summed E-state index contributed by atoms with van der Waals surface area (Å²) in [6.45, 7) is 2.21. The molecule has 0 bridgehead atoms. The van der Waals surface area contributed by atoms with E-state index < -0.39 is 0 Å². The molecule has 0 radical (unpaired) electrons. The molecule has 1 aliphatic carbocycles. The van der Waals surface area contributed by atoms with Gasteiger partial charge < -0.3 is 4.98 Å². The molecular formula is C13H13N. The van der Waals surface area contributed by atoms with Crippen molar-refractivity contribution in [2.24, 2.45) is 0 Å². The summed E-state index contributed by atoms with van der Waals surface area (Å²) in [6.07, 6.45) is 4.39. The Kier molecular flexibility index (Phi) is 1.54. The fourth-order valence-electron chi connectivity index (χ4n) is 2.36. The van der Waals surface area contributed by atoms with E-state index >= 15 is 0 Å². The minimum Gasteiger partial charge on any atom is -0.361 e. The second-order valence-corrected chi connectivity index (χ2v) is 3.85. The molecule has 1 aromatic heterocycles. The Morgan fingerprint density at radius 3 is 3.00 bits per heavy atom. The van der Waals surface area contributed by atoms with Crippen LogP contribution in [-0.4, -0.2) is 4.98 Å². The molecule has 0 fully saturated rings. The third-order valence-corrected chi connectivity index (χ3v) is 3.11. The van der Waals surface area contributed by atoms with Crippen LogP contribution in [0.25, 0.3) is 11.3 Å². The maximum atomic E-state index is 3.39. The number of nitrogens with one attached hydrogen (secondary N) is 1. The van der Waals surface area contributed by atoms with Crippen LogP contribution in [0, 0.1) is 0 Å². The molecule has 14 heavy (non-hydrogen) atoms. The van der Waals surface area contributed by atoms with Gasteiger partial charge in [0, 0.05) is 23.9 Å². The van der Waals surface area contributed by atoms with Crippen LogP contribution < -0.4 is 0 Å². The Morgan fingerprint density at radius 2 is 2.14 bits per heavy atom. The van der Waals surface area contributed by atoms with Crippen LogP contribution in [0.15, 0.2) is 30.5 Å². The average molecular weight is 183 g/mol. The Hall–Kier alpha value is -1.50. The van der Waals surface area contributed by atoms with E-state index in [-0.39, 0.29) is 0 Å². The van der Waals surface area contributed by atoms with Crippen molar-refractivity contribution >= 4 is 0 Å². The molecule has 1 aliphatic rings. The lowest BCUT2D eigenvalue weighted by molar-refractivity contribution is 1.09. The second kappa shape index (κ2) is 2.74. The van der Waals surface area contributed by atoms with Crippen LogP contribution in [0.4, 0.5) is 0 Å². The first-order valence-corrected chi connectivity index (χ1v) is 5.17. The van der Waals surface area contributed by atoms with E-state index in [1.54, 1.807) is 0 Å². The van der Waals surface area contributed by atoms with Crippen molar-refractivity contribution < 1.29 is 0 Å². The lowest BCUT2D eigenvalue weighted by Gasteiger charge is -1.96. The highest BCUT2D eigenvalue weighted by Crippen LogP contribution is 2.37. The van der Waals surface area contributed by atoms with E-state index in [4.69, 9.17) is 0 Å². The van der Waals surface area contributed by atoms with Gasteiger partial charge in [0.2, 0.25) is 0 Å². The predicted molar refractivity (Wildman–Crippen MR) is 58.4 cm³/mol. The van der Waals surface area contributed by atoms with Crippen molar-refractivity contribution in [1.82, 2.24) is 4.98 Å². The van der Waals surface area contributed by atoms with E-state index in [0.29, 0.717) is 0 Å². The molecule has 1 aromatic carbocycles. The lowest BCUT2D eigenvalue weighted by atomic mass is 10.1. The van der Waals surface area contributed by atoms with E-state index in [0.717, 1.165) is 12.8 Å². The minimum atomic E-state index is 1.11. The van der Waals surface area contributed by atoms with Gasteiger partial charge in [-0.2, -0.15) is 0 Å². The topological polar surface area (TPSA) is 15.8 Å². The van der Waals surface area contributed by atoms with Crippen molar-refractivity contribution in [3.63, 3.8) is 0 Å². The summed E-state index contributed by atoms with van der Waals surface area (Å²) in [4.78, 5) is 3.39. The number of hydrogen-bond acceptors (Lipinski definition) is 0. The molecule has 2 aromatic rings. The lowest BCUT2D eigenvalue weighted by Crippen LogP contribution is -1.84. The quantitative estimate of drug-likeness (QED) is 0.596. The normalized spacial score (nSPS) is 12.6. The Bertz CT molecular complexity index is 480. The number of rotatable bonds is 1. The summed E-state index contributed by atoms with van der Waals surface area (Å²) in [5.74, 6) is 0. The summed E-state index contributed by atoms with van der Waals surface area (Å²) in [5, 5.41) is 0. The number of benzene rings is 1. The summed E-state index contributed by atoms with van der Waals surface area (Å²) in [5.41, 5.74) is 7.17. The van der Waals surface area contributed by atoms with Crippen LogP contribution in [0.1, 0.15) is 23.6 Å². The molecule has 0 amide bonds. The second-order valence-electron chi connectivity index (χ2n) is 3.85. The van der Waals surface area contributed by atoms with Crippen molar-refractivity contribution in [2.45, 2.75) is 19.8 Å². The van der Waals surface area contributed by atoms with Crippen LogP contribution in [0.2, 0.25) is 0 Å². The zero-order valence-corrected chi connectivity index (χ0v) is 8.30. The summed E-state index contributed by atoms with van der Waals surface area (Å²) >= 11 is 0. The van der Waals surface area contributed by atoms with Crippen molar-refractivity contribution in [3.8, 4) is 11.3 Å². The van der Waals surface area contributed by atoms with Gasteiger partial charge in [0.25, 0.3) is 0 Å². The number of aryl methyl sites for hydroxylation is 1. The molecule has 1 N–H and O–H groups in total. The molecule has 0 aliphatic heterocycles. The number of aromatic amines is 1. The Labute approximate surface area is 83.8 Å². The molecule has 1 heteroatoms. The zero-order valence-electron chi connectivity index (χ0n) is 8.30. The molecule has 1 heterocycles. The average Bonchev–Trinajstić information content (AvgIpc) is 2.75. The number of fused-ring (bicyclic) bond motifs is 3. The first-order chi connectivity index (χ1) is 6.90. The highest BCUT2D eigenvalue weighted by atomic mass is 14.7. The van der Waals surface area contributed by atoms with E-state index in [1.807, 2.05) is 0 Å². The molecule has 70 valence electrons. The number of hydrogen-bond donors (Lipinski definition) is 1. The van der Waals surface area contributed by atoms with Crippen molar-refractivity contribution in [1.29, 1.82) is 0 Å². The third kappa shape index (κ3) is 0.897. The maximum Gasteiger partial charge on any atom is 0.0495 e. The molecule has 0 saturated carbocycles. The van der Waals surface area contributed by atoms with Crippen molar-refractivity contribution in [2.75, 3.05) is 0 Å². The molecule has 0 unspecified atom stereocenters. The van der Waals surface area contributed by atoms with Crippen molar-refractivity contribution in [3.05, 3.63) is 47.2 Å². The van der Waals surface area contributed by atoms with Gasteiger partial charge in [0.05, 0.1) is 0 Å². The fourth-order valence-corrected chi connectivity index (χ4v) is 2.36. The molecule has 0 saturated heterocycles. The number of aromatic nitrogens is 1. The van der Waals surface area contributed by atoms with E-state index in [1.165, 1.54) is 27.9 Å². The SMILES string of the molecule is CCc1c[nH]c2c1Cc1ccccc1-2. The molecule has 0 atom stereocenters. The van der Waals surface area contributed by atoms with Gasteiger partial charge in [-0.3, -0.25) is 0 Å². The molecular weight excluding hydrogens is 170 g/mol. The standard InChI is InChI=1S/C13H13N/c1-2-9-8-14-13-11-6-4-3-5-10(11)7-12(9)13/h3-6,8,14H,2,7H2,1H3. The van der Waals surface area contributed by atoms with Gasteiger partial charge in [-0.05, 0) is 23.1 Å². The smallest absolute Gasteiger partial charge is 0.0495 e. The summed E-state index contributed by atoms with van der Waals surface area (Å²) < 4.78 is 0. The summed E-state index contributed by atoms with van der Waals surface area (Å²) in [7, 11) is 0. The van der Waals surface area contributed by atoms with Gasteiger partial charge in [0.15, 0.2) is 0 Å². The zero-order chi connectivity index (χ0) is 9.54. The highest BCUT2D eigenvalue weighted by molar-refractivity contribution is 5.75. The maximum absolute atomic E-state index is 3.39. The minimum absolute atomic E-state index is 1.11. The first-order valence-electron chi connectivity index (χ1n) is 5.17. The molecule has 0 spiro atoms. The molecule has 1 nitrogen and oxygen atoms in total. The Morgan fingerprint density at radius 1 is 1.29 bits per heavy atom. The van der Waals surface area contributed by atoms with Gasteiger partial charge in [-0.15, -0.1) is 0 Å². The van der Waals surface area contributed by atoms with E-state index in [9.17, 15) is 0 Å².